The van der Waals surface area contributed by atoms with Gasteiger partial charge in [0.05, 0.1) is 17.5 Å². The van der Waals surface area contributed by atoms with Crippen LogP contribution in [-0.4, -0.2) is 23.0 Å². The van der Waals surface area contributed by atoms with Crippen LogP contribution in [0, 0.1) is 23.3 Å². The number of nitrogens with zero attached hydrogens (tertiary/aromatic N) is 3. The number of sulfonamides is 1. The smallest absolute Gasteiger partial charge is 0.225 e. The number of hydrogen-bond acceptors (Lipinski definition) is 5. The average molecular weight is 442 g/mol. The number of imidazole rings is 1. The quantitative estimate of drug-likeness (QED) is 0.388. The van der Waals surface area contributed by atoms with Gasteiger partial charge in [-0.1, -0.05) is 41.7 Å². The standard InChI is InChI=1S/C17H10F4N4O2S2/c18-12-9(6-8-4-2-1-3-5-8)13(19)15(21)11(14(12)20)10-7-23-16-25(10)24-17(28-16)29(22,26)27/h1-5,7H,6H2,(H2,22,26,27). The maximum atomic E-state index is 14.7. The maximum Gasteiger partial charge on any atom is 0.267 e. The fraction of sp³-hybridized carbons (Fsp3) is 0.0588. The molecule has 0 unspecified atom stereocenters. The van der Waals surface area contributed by atoms with Crippen molar-refractivity contribution in [3.8, 4) is 11.3 Å². The van der Waals surface area contributed by atoms with E-state index in [4.69, 9.17) is 5.14 Å². The molecule has 2 heterocycles. The second-order valence-electron chi connectivity index (χ2n) is 6.02. The molecule has 29 heavy (non-hydrogen) atoms. The summed E-state index contributed by atoms with van der Waals surface area (Å²) in [7, 11) is -4.20. The summed E-state index contributed by atoms with van der Waals surface area (Å²) < 4.78 is 81.8. The Kier molecular flexibility index (Phi) is 4.63. The molecule has 12 heteroatoms. The van der Waals surface area contributed by atoms with Crippen molar-refractivity contribution < 1.29 is 26.0 Å². The largest absolute Gasteiger partial charge is 0.267 e. The molecular formula is C17H10F4N4O2S2. The zero-order valence-corrected chi connectivity index (χ0v) is 15.9. The van der Waals surface area contributed by atoms with Gasteiger partial charge in [-0.3, -0.25) is 0 Å². The first-order valence-corrected chi connectivity index (χ1v) is 10.3. The summed E-state index contributed by atoms with van der Waals surface area (Å²) in [5.74, 6) is -6.39. The van der Waals surface area contributed by atoms with Crippen LogP contribution in [0.15, 0.2) is 40.9 Å². The Hall–Kier alpha value is -2.83. The van der Waals surface area contributed by atoms with Crippen LogP contribution in [-0.2, 0) is 16.4 Å². The monoisotopic (exact) mass is 442 g/mol. The van der Waals surface area contributed by atoms with Crippen molar-refractivity contribution in [1.82, 2.24) is 14.6 Å². The molecule has 4 aromatic rings. The predicted octanol–water partition coefficient (Wildman–Crippen LogP) is 3.25. The van der Waals surface area contributed by atoms with E-state index in [9.17, 15) is 26.0 Å². The van der Waals surface area contributed by atoms with Gasteiger partial charge in [-0.25, -0.2) is 40.6 Å². The third-order valence-corrected chi connectivity index (χ3v) is 6.38. The minimum Gasteiger partial charge on any atom is -0.225 e. The van der Waals surface area contributed by atoms with Crippen LogP contribution in [0.5, 0.6) is 0 Å². The summed E-state index contributed by atoms with van der Waals surface area (Å²) in [6.07, 6.45) is 0.573. The van der Waals surface area contributed by atoms with Crippen LogP contribution in [0.2, 0.25) is 0 Å². The van der Waals surface area contributed by atoms with Crippen molar-refractivity contribution in [1.29, 1.82) is 0 Å². The Morgan fingerprint density at radius 3 is 2.21 bits per heavy atom. The van der Waals surface area contributed by atoms with E-state index in [0.717, 1.165) is 10.7 Å². The summed E-state index contributed by atoms with van der Waals surface area (Å²) in [4.78, 5) is 3.71. The molecule has 0 aliphatic rings. The van der Waals surface area contributed by atoms with Gasteiger partial charge in [0.15, 0.2) is 23.3 Å². The van der Waals surface area contributed by atoms with Gasteiger partial charge in [-0.05, 0) is 5.56 Å². The highest BCUT2D eigenvalue weighted by atomic mass is 32.2. The summed E-state index contributed by atoms with van der Waals surface area (Å²) >= 11 is 0.540. The van der Waals surface area contributed by atoms with Gasteiger partial charge in [-0.15, -0.1) is 5.10 Å². The lowest BCUT2D eigenvalue weighted by atomic mass is 10.00. The van der Waals surface area contributed by atoms with Crippen molar-refractivity contribution >= 4 is 26.3 Å². The Bertz CT molecular complexity index is 1320. The van der Waals surface area contributed by atoms with E-state index in [-0.39, 0.29) is 11.4 Å². The van der Waals surface area contributed by atoms with Crippen LogP contribution >= 0.6 is 11.3 Å². The Balaban J connectivity index is 1.90. The molecule has 0 radical (unpaired) electrons. The topological polar surface area (TPSA) is 90.4 Å². The fourth-order valence-electron chi connectivity index (χ4n) is 2.82. The number of hydrogen-bond donors (Lipinski definition) is 1. The van der Waals surface area contributed by atoms with E-state index in [1.165, 1.54) is 0 Å². The molecule has 2 aromatic heterocycles. The molecule has 0 spiro atoms. The summed E-state index contributed by atoms with van der Waals surface area (Å²) in [5, 5.41) is 8.61. The lowest BCUT2D eigenvalue weighted by Crippen LogP contribution is -2.12. The molecular weight excluding hydrogens is 432 g/mol. The molecule has 0 aliphatic carbocycles. The van der Waals surface area contributed by atoms with E-state index < -0.39 is 54.5 Å². The molecule has 4 rings (SSSR count). The number of primary sulfonamides is 1. The normalized spacial score (nSPS) is 12.0. The molecule has 2 aromatic carbocycles. The van der Waals surface area contributed by atoms with Crippen LogP contribution in [0.1, 0.15) is 11.1 Å². The van der Waals surface area contributed by atoms with E-state index in [2.05, 4.69) is 10.1 Å². The average Bonchev–Trinajstić information content (AvgIpc) is 3.26. The van der Waals surface area contributed by atoms with Crippen LogP contribution < -0.4 is 5.14 Å². The molecule has 0 atom stereocenters. The van der Waals surface area contributed by atoms with Gasteiger partial charge >= 0.3 is 0 Å². The first-order valence-electron chi connectivity index (χ1n) is 7.95. The lowest BCUT2D eigenvalue weighted by Gasteiger charge is -2.11. The highest BCUT2D eigenvalue weighted by molar-refractivity contribution is 7.91. The predicted molar refractivity (Wildman–Crippen MR) is 96.8 cm³/mol. The number of aromatic nitrogens is 3. The SMILES string of the molecule is NS(=O)(=O)c1nn2c(-c3c(F)c(F)c(Cc4ccccc4)c(F)c3F)cnc2s1. The number of rotatable bonds is 4. The molecule has 150 valence electrons. The molecule has 0 amide bonds. The molecule has 6 nitrogen and oxygen atoms in total. The Labute approximate surface area is 165 Å². The molecule has 0 fully saturated rings. The van der Waals surface area contributed by atoms with Gasteiger partial charge in [0.1, 0.15) is 0 Å². The molecule has 0 saturated carbocycles. The number of fused-ring (bicyclic) bond motifs is 1. The second kappa shape index (κ2) is 6.90. The summed E-state index contributed by atoms with van der Waals surface area (Å²) in [5.41, 5.74) is -1.80. The first-order chi connectivity index (χ1) is 13.7. The minimum absolute atomic E-state index is 0.0722. The van der Waals surface area contributed by atoms with Crippen molar-refractivity contribution in [3.05, 3.63) is 70.9 Å². The number of halogens is 4. The van der Waals surface area contributed by atoms with Crippen molar-refractivity contribution in [2.24, 2.45) is 5.14 Å². The summed E-state index contributed by atoms with van der Waals surface area (Å²) in [6, 6.07) is 8.07. The van der Waals surface area contributed by atoms with Crippen LogP contribution in [0.25, 0.3) is 16.2 Å². The lowest BCUT2D eigenvalue weighted by molar-refractivity contribution is 0.445. The zero-order chi connectivity index (χ0) is 20.9. The van der Waals surface area contributed by atoms with E-state index >= 15 is 0 Å². The van der Waals surface area contributed by atoms with Gasteiger partial charge in [-0.2, -0.15) is 0 Å². The van der Waals surface area contributed by atoms with E-state index in [1.807, 2.05) is 0 Å². The van der Waals surface area contributed by atoms with Crippen LogP contribution in [0.3, 0.4) is 0 Å². The van der Waals surface area contributed by atoms with Crippen molar-refractivity contribution in [2.45, 2.75) is 10.8 Å². The fourth-order valence-corrected chi connectivity index (χ4v) is 4.31. The highest BCUT2D eigenvalue weighted by Crippen LogP contribution is 2.34. The minimum atomic E-state index is -4.20. The molecule has 0 saturated heterocycles. The van der Waals surface area contributed by atoms with Crippen molar-refractivity contribution in [3.63, 3.8) is 0 Å². The molecule has 0 bridgehead atoms. The summed E-state index contributed by atoms with van der Waals surface area (Å²) in [6.45, 7) is 0. The van der Waals surface area contributed by atoms with Gasteiger partial charge in [0, 0.05) is 12.0 Å². The van der Waals surface area contributed by atoms with E-state index in [0.29, 0.717) is 16.9 Å². The van der Waals surface area contributed by atoms with Gasteiger partial charge in [0.25, 0.3) is 10.0 Å². The third kappa shape index (κ3) is 3.28. The highest BCUT2D eigenvalue weighted by Gasteiger charge is 2.29. The van der Waals surface area contributed by atoms with Gasteiger partial charge in [0.2, 0.25) is 9.30 Å². The Morgan fingerprint density at radius 1 is 1.00 bits per heavy atom. The van der Waals surface area contributed by atoms with Gasteiger partial charge < -0.3 is 0 Å². The number of benzene rings is 2. The third-order valence-electron chi connectivity index (χ3n) is 4.14. The van der Waals surface area contributed by atoms with Crippen LogP contribution in [0.4, 0.5) is 17.6 Å². The number of nitrogens with two attached hydrogens (primary N) is 1. The zero-order valence-electron chi connectivity index (χ0n) is 14.2. The maximum absolute atomic E-state index is 14.7. The van der Waals surface area contributed by atoms with Crippen molar-refractivity contribution in [2.75, 3.05) is 0 Å². The second-order valence-corrected chi connectivity index (χ2v) is 8.71. The first kappa shape index (κ1) is 19.5. The molecule has 2 N–H and O–H groups in total. The van der Waals surface area contributed by atoms with E-state index in [1.54, 1.807) is 30.3 Å². The Morgan fingerprint density at radius 2 is 1.62 bits per heavy atom. The molecule has 0 aliphatic heterocycles.